The molecule has 0 bridgehead atoms. The lowest BCUT2D eigenvalue weighted by molar-refractivity contribution is -0.0512. The molecule has 0 radical (unpaired) electrons. The average molecular weight is 377 g/mol. The number of methoxy groups -OCH3 is 1. The van der Waals surface area contributed by atoms with Crippen LogP contribution >= 0.6 is 0 Å². The summed E-state index contributed by atoms with van der Waals surface area (Å²) in [6, 6.07) is 13.0. The van der Waals surface area contributed by atoms with Crippen molar-refractivity contribution in [1.82, 2.24) is 10.6 Å². The van der Waals surface area contributed by atoms with E-state index in [1.165, 1.54) is 24.3 Å². The maximum absolute atomic E-state index is 12.6. The second-order valence-corrected chi connectivity index (χ2v) is 5.84. The predicted molar refractivity (Wildman–Crippen MR) is 102 cm³/mol. The number of rotatable bonds is 8. The standard InChI is InChI=1S/C20H25F2N3O2/c1-4-23-20(25-13-16-8-6-5-7-14(16)2)24-12-15-9-10-17(26-3)18(11-15)27-19(21)22/h5-11,19H,4,12-13H2,1-3H3,(H2,23,24,25). The van der Waals surface area contributed by atoms with Gasteiger partial charge < -0.3 is 20.1 Å². The molecule has 5 nitrogen and oxygen atoms in total. The van der Waals surface area contributed by atoms with E-state index in [9.17, 15) is 8.78 Å². The van der Waals surface area contributed by atoms with Crippen molar-refractivity contribution in [2.45, 2.75) is 33.5 Å². The van der Waals surface area contributed by atoms with Crippen molar-refractivity contribution >= 4 is 5.96 Å². The zero-order valence-corrected chi connectivity index (χ0v) is 15.8. The van der Waals surface area contributed by atoms with Gasteiger partial charge in [-0.25, -0.2) is 4.99 Å². The summed E-state index contributed by atoms with van der Waals surface area (Å²) in [7, 11) is 1.41. The van der Waals surface area contributed by atoms with Crippen molar-refractivity contribution in [3.63, 3.8) is 0 Å². The lowest BCUT2D eigenvalue weighted by atomic mass is 10.1. The maximum Gasteiger partial charge on any atom is 0.387 e. The minimum Gasteiger partial charge on any atom is -0.493 e. The van der Waals surface area contributed by atoms with Crippen molar-refractivity contribution in [3.8, 4) is 11.5 Å². The van der Waals surface area contributed by atoms with Crippen molar-refractivity contribution < 1.29 is 18.3 Å². The van der Waals surface area contributed by atoms with Crippen LogP contribution < -0.4 is 20.1 Å². The minimum absolute atomic E-state index is 0.00179. The maximum atomic E-state index is 12.6. The fourth-order valence-corrected chi connectivity index (χ4v) is 2.51. The fourth-order valence-electron chi connectivity index (χ4n) is 2.51. The Balaban J connectivity index is 2.08. The van der Waals surface area contributed by atoms with Gasteiger partial charge in [-0.15, -0.1) is 0 Å². The van der Waals surface area contributed by atoms with Crippen LogP contribution in [-0.2, 0) is 13.1 Å². The van der Waals surface area contributed by atoms with Gasteiger partial charge in [-0.3, -0.25) is 0 Å². The Bertz CT molecular complexity index is 767. The van der Waals surface area contributed by atoms with Crippen LogP contribution in [0.15, 0.2) is 47.5 Å². The first kappa shape index (κ1) is 20.5. The van der Waals surface area contributed by atoms with Crippen LogP contribution in [0.25, 0.3) is 0 Å². The molecule has 7 heteroatoms. The number of guanidine groups is 1. The summed E-state index contributed by atoms with van der Waals surface area (Å²) in [4.78, 5) is 4.51. The third-order valence-corrected chi connectivity index (χ3v) is 3.92. The molecule has 0 fully saturated rings. The van der Waals surface area contributed by atoms with Crippen LogP contribution in [0.1, 0.15) is 23.6 Å². The van der Waals surface area contributed by atoms with Crippen LogP contribution in [0.3, 0.4) is 0 Å². The fraction of sp³-hybridized carbons (Fsp3) is 0.350. The van der Waals surface area contributed by atoms with E-state index in [-0.39, 0.29) is 11.5 Å². The van der Waals surface area contributed by atoms with Crippen molar-refractivity contribution in [2.24, 2.45) is 4.99 Å². The minimum atomic E-state index is -2.91. The zero-order chi connectivity index (χ0) is 19.6. The molecule has 0 spiro atoms. The first-order valence-electron chi connectivity index (χ1n) is 8.72. The predicted octanol–water partition coefficient (Wildman–Crippen LogP) is 3.86. The second-order valence-electron chi connectivity index (χ2n) is 5.84. The lowest BCUT2D eigenvalue weighted by Gasteiger charge is -2.13. The zero-order valence-electron chi connectivity index (χ0n) is 15.8. The molecule has 146 valence electrons. The summed E-state index contributed by atoms with van der Waals surface area (Å²) in [6.07, 6.45) is 0. The summed E-state index contributed by atoms with van der Waals surface area (Å²) in [6.45, 7) is 2.79. The molecule has 0 aliphatic rings. The summed E-state index contributed by atoms with van der Waals surface area (Å²) in [5.41, 5.74) is 3.12. The number of hydrogen-bond donors (Lipinski definition) is 2. The molecular weight excluding hydrogens is 352 g/mol. The molecule has 0 aliphatic heterocycles. The highest BCUT2D eigenvalue weighted by atomic mass is 19.3. The molecular formula is C20H25F2N3O2. The second kappa shape index (κ2) is 10.4. The molecule has 0 saturated heterocycles. The molecule has 2 N–H and O–H groups in total. The van der Waals surface area contributed by atoms with Gasteiger partial charge >= 0.3 is 6.61 Å². The average Bonchev–Trinajstić information content (AvgIpc) is 2.65. The smallest absolute Gasteiger partial charge is 0.387 e. The quantitative estimate of drug-likeness (QED) is 0.542. The van der Waals surface area contributed by atoms with E-state index < -0.39 is 6.61 Å². The van der Waals surface area contributed by atoms with E-state index in [1.807, 2.05) is 19.1 Å². The Morgan fingerprint density at radius 1 is 1.11 bits per heavy atom. The van der Waals surface area contributed by atoms with Crippen LogP contribution in [0, 0.1) is 6.92 Å². The first-order chi connectivity index (χ1) is 13.0. The van der Waals surface area contributed by atoms with Crippen molar-refractivity contribution in [2.75, 3.05) is 13.7 Å². The van der Waals surface area contributed by atoms with E-state index in [4.69, 9.17) is 4.74 Å². The Morgan fingerprint density at radius 2 is 1.89 bits per heavy atom. The van der Waals surface area contributed by atoms with Gasteiger partial charge in [0.15, 0.2) is 17.5 Å². The molecule has 2 aromatic carbocycles. The highest BCUT2D eigenvalue weighted by Crippen LogP contribution is 2.29. The number of aryl methyl sites for hydroxylation is 1. The summed E-state index contributed by atoms with van der Waals surface area (Å²) in [5.74, 6) is 0.901. The molecule has 0 atom stereocenters. The van der Waals surface area contributed by atoms with E-state index >= 15 is 0 Å². The molecule has 0 amide bonds. The van der Waals surface area contributed by atoms with Gasteiger partial charge in [0, 0.05) is 13.1 Å². The SMILES string of the molecule is CCNC(=NCc1ccc(OC)c(OC(F)F)c1)NCc1ccccc1C. The van der Waals surface area contributed by atoms with Crippen LogP contribution in [0.4, 0.5) is 8.78 Å². The summed E-state index contributed by atoms with van der Waals surface area (Å²) in [5, 5.41) is 6.46. The number of aliphatic imine (C=N–C) groups is 1. The lowest BCUT2D eigenvalue weighted by Crippen LogP contribution is -2.36. The molecule has 27 heavy (non-hydrogen) atoms. The van der Waals surface area contributed by atoms with E-state index in [0.717, 1.165) is 5.56 Å². The highest BCUT2D eigenvalue weighted by Gasteiger charge is 2.11. The van der Waals surface area contributed by atoms with Crippen LogP contribution in [-0.4, -0.2) is 26.2 Å². The third kappa shape index (κ3) is 6.44. The highest BCUT2D eigenvalue weighted by molar-refractivity contribution is 5.79. The molecule has 0 saturated carbocycles. The van der Waals surface area contributed by atoms with Crippen molar-refractivity contribution in [3.05, 3.63) is 59.2 Å². The number of halogens is 2. The van der Waals surface area contributed by atoms with E-state index in [1.54, 1.807) is 12.1 Å². The molecule has 2 rings (SSSR count). The Morgan fingerprint density at radius 3 is 2.56 bits per heavy atom. The van der Waals surface area contributed by atoms with E-state index in [2.05, 4.69) is 39.4 Å². The molecule has 0 unspecified atom stereocenters. The number of benzene rings is 2. The topological polar surface area (TPSA) is 54.9 Å². The molecule has 0 aliphatic carbocycles. The van der Waals surface area contributed by atoms with Gasteiger partial charge in [0.05, 0.1) is 13.7 Å². The largest absolute Gasteiger partial charge is 0.493 e. The van der Waals surface area contributed by atoms with Gasteiger partial charge in [-0.2, -0.15) is 8.78 Å². The Kier molecular flexibility index (Phi) is 7.85. The number of nitrogens with zero attached hydrogens (tertiary/aromatic N) is 1. The summed E-state index contributed by atoms with van der Waals surface area (Å²) >= 11 is 0. The van der Waals surface area contributed by atoms with Gasteiger partial charge in [-0.05, 0) is 42.7 Å². The van der Waals surface area contributed by atoms with Gasteiger partial charge in [0.2, 0.25) is 0 Å². The number of hydrogen-bond acceptors (Lipinski definition) is 3. The molecule has 0 heterocycles. The number of nitrogens with one attached hydrogen (secondary N) is 2. The first-order valence-corrected chi connectivity index (χ1v) is 8.72. The third-order valence-electron chi connectivity index (χ3n) is 3.92. The Hall–Kier alpha value is -2.83. The Labute approximate surface area is 158 Å². The molecule has 2 aromatic rings. The summed E-state index contributed by atoms with van der Waals surface area (Å²) < 4.78 is 34.7. The van der Waals surface area contributed by atoms with Crippen LogP contribution in [0.2, 0.25) is 0 Å². The monoisotopic (exact) mass is 377 g/mol. The van der Waals surface area contributed by atoms with E-state index in [0.29, 0.717) is 25.6 Å². The molecule has 0 aromatic heterocycles. The van der Waals surface area contributed by atoms with Gasteiger partial charge in [-0.1, -0.05) is 30.3 Å². The van der Waals surface area contributed by atoms with Crippen LogP contribution in [0.5, 0.6) is 11.5 Å². The van der Waals surface area contributed by atoms with Gasteiger partial charge in [0.25, 0.3) is 0 Å². The number of ether oxygens (including phenoxy) is 2. The normalized spacial score (nSPS) is 11.4. The number of alkyl halides is 2. The van der Waals surface area contributed by atoms with Crippen molar-refractivity contribution in [1.29, 1.82) is 0 Å². The van der Waals surface area contributed by atoms with Gasteiger partial charge in [0.1, 0.15) is 0 Å².